The molecule has 4 aromatic rings. The van der Waals surface area contributed by atoms with Gasteiger partial charge in [0.1, 0.15) is 60.3 Å². The lowest BCUT2D eigenvalue weighted by atomic mass is 9.85. The molecule has 68 heavy (non-hydrogen) atoms. The van der Waals surface area contributed by atoms with Crippen LogP contribution in [-0.4, -0.2) is 158 Å². The maximum atomic E-state index is 14.2. The summed E-state index contributed by atoms with van der Waals surface area (Å²) in [6.07, 6.45) is -21.9. The number of fused-ring (bicyclic) bond motifs is 2. The molecule has 0 saturated carbocycles. The van der Waals surface area contributed by atoms with Crippen LogP contribution in [0.3, 0.4) is 0 Å². The van der Waals surface area contributed by atoms with E-state index in [2.05, 4.69) is 0 Å². The van der Waals surface area contributed by atoms with Gasteiger partial charge in [0.05, 0.1) is 50.4 Å². The fourth-order valence-corrected chi connectivity index (χ4v) is 7.99. The van der Waals surface area contributed by atoms with E-state index in [1.807, 2.05) is 0 Å². The van der Waals surface area contributed by atoms with Gasteiger partial charge in [-0.2, -0.15) is 0 Å². The minimum absolute atomic E-state index is 0.390. The number of ketones is 1. The molecule has 7 rings (SSSR count). The number of ether oxygens (including phenoxy) is 7. The third kappa shape index (κ3) is 8.82. The van der Waals surface area contributed by atoms with Gasteiger partial charge in [0.2, 0.25) is 17.2 Å². The van der Waals surface area contributed by atoms with Gasteiger partial charge >= 0.3 is 17.9 Å². The number of benzene rings is 4. The molecule has 3 aliphatic heterocycles. The molecule has 0 unspecified atom stereocenters. The third-order valence-electron chi connectivity index (χ3n) is 11.4. The number of hydrogen-bond acceptors (Lipinski definition) is 25. The Morgan fingerprint density at radius 1 is 0.544 bits per heavy atom. The summed E-state index contributed by atoms with van der Waals surface area (Å²) in [6.45, 7) is 0. The van der Waals surface area contributed by atoms with E-state index in [9.17, 15) is 90.7 Å². The van der Waals surface area contributed by atoms with Crippen molar-refractivity contribution in [2.75, 3.05) is 14.2 Å². The van der Waals surface area contributed by atoms with Gasteiger partial charge in [-0.1, -0.05) is 0 Å². The molecule has 2 fully saturated rings. The molecule has 10 atom stereocenters. The van der Waals surface area contributed by atoms with E-state index in [1.54, 1.807) is 0 Å². The summed E-state index contributed by atoms with van der Waals surface area (Å²) in [5.41, 5.74) is -2.41. The Balaban J connectivity index is 1.18. The molecule has 25 heteroatoms. The SMILES string of the molecule is COc1c([C@@H]2O[C@H](CC(=O)Oc3cc(O)c(O)c(O)c3)[C@@H](O)[C@H](O)[C@H]2O)cc2c(c1O)CC(=O)c1cc([C@@H]3O[C@H](CC(=O)Oc4cc(O)c(O)c(O)c4)[C@@H](O)[C@H](O)[C@H]3O)c(OC)c(O)c1OC2=O. The van der Waals surface area contributed by atoms with Gasteiger partial charge in [-0.05, 0) is 12.1 Å². The number of methoxy groups -OCH3 is 2. The molecule has 25 nitrogen and oxygen atoms in total. The molecule has 14 N–H and O–H groups in total. The molecule has 3 aliphatic rings. The quantitative estimate of drug-likeness (QED) is 0.0533. The first-order chi connectivity index (χ1) is 32.1. The molecule has 2 saturated heterocycles. The topological polar surface area (TPSA) is 416 Å². The minimum Gasteiger partial charge on any atom is -0.504 e. The molecule has 4 aromatic carbocycles. The zero-order chi connectivity index (χ0) is 49.8. The highest BCUT2D eigenvalue weighted by Gasteiger charge is 2.49. The molecule has 0 amide bonds. The van der Waals surface area contributed by atoms with Crippen LogP contribution in [-0.2, 0) is 25.5 Å². The number of aromatic hydroxyl groups is 8. The molecular weight excluding hydrogens is 916 g/mol. The van der Waals surface area contributed by atoms with E-state index in [0.717, 1.165) is 50.6 Å². The summed E-state index contributed by atoms with van der Waals surface area (Å²) < 4.78 is 38.0. The van der Waals surface area contributed by atoms with Crippen LogP contribution in [0.5, 0.6) is 74.7 Å². The molecule has 3 heterocycles. The maximum absolute atomic E-state index is 14.2. The molecule has 0 spiro atoms. The number of esters is 3. The van der Waals surface area contributed by atoms with E-state index in [1.165, 1.54) is 0 Å². The van der Waals surface area contributed by atoms with Crippen LogP contribution >= 0.6 is 0 Å². The van der Waals surface area contributed by atoms with E-state index in [4.69, 9.17) is 33.2 Å². The Morgan fingerprint density at radius 3 is 1.35 bits per heavy atom. The number of carbonyl (C=O) groups excluding carboxylic acids is 4. The Hall–Kier alpha value is -7.36. The third-order valence-corrected chi connectivity index (χ3v) is 11.4. The van der Waals surface area contributed by atoms with Crippen LogP contribution in [0.2, 0.25) is 0 Å². The summed E-state index contributed by atoms with van der Waals surface area (Å²) in [5.74, 6) is -14.7. The Labute approximate surface area is 380 Å². The minimum atomic E-state index is -2.07. The molecular formula is C43H42O25. The second-order valence-corrected chi connectivity index (χ2v) is 15.7. The van der Waals surface area contributed by atoms with E-state index in [0.29, 0.717) is 0 Å². The van der Waals surface area contributed by atoms with Gasteiger partial charge in [-0.25, -0.2) is 4.79 Å². The van der Waals surface area contributed by atoms with Crippen LogP contribution in [0, 0.1) is 0 Å². The smallest absolute Gasteiger partial charge is 0.344 e. The van der Waals surface area contributed by atoms with Crippen LogP contribution in [0.25, 0.3) is 0 Å². The van der Waals surface area contributed by atoms with Crippen LogP contribution in [0.4, 0.5) is 0 Å². The fourth-order valence-electron chi connectivity index (χ4n) is 7.99. The standard InChI is InChI=1S/C43H42O25/c1-62-38-17(41-35(58)33(56)31(54)24(66-41)10-26(49)64-12-3-20(45)29(52)21(46)4-12)7-15-14(28(38)51)9-19(44)16-8-18(39(63-2)37(60)40(16)68-43(15)61)42-36(59)34(57)32(55)25(67-42)11-27(50)65-13-5-22(47)30(53)23(48)6-13/h3-8,24-25,31-36,41-42,45-48,51-60H,9-11H2,1-2H3/t24-,25-,31-,32-,33+,34+,35-,36-,41+,42+/m1/s1. The Bertz CT molecular complexity index is 2450. The van der Waals surface area contributed by atoms with Crippen molar-refractivity contribution < 1.29 is 124 Å². The van der Waals surface area contributed by atoms with Crippen molar-refractivity contribution in [3.8, 4) is 74.7 Å². The predicted octanol–water partition coefficient (Wildman–Crippen LogP) is -0.657. The number of Topliss-reactive ketones (excluding diaryl/α,β-unsaturated/α-hetero) is 1. The van der Waals surface area contributed by atoms with Gasteiger partial charge in [-0.15, -0.1) is 0 Å². The largest absolute Gasteiger partial charge is 0.504 e. The van der Waals surface area contributed by atoms with Gasteiger partial charge in [0, 0.05) is 47.4 Å². The highest BCUT2D eigenvalue weighted by Crippen LogP contribution is 2.51. The molecule has 0 radical (unpaired) electrons. The Kier molecular flexibility index (Phi) is 13.4. The molecule has 0 bridgehead atoms. The van der Waals surface area contributed by atoms with Gasteiger partial charge in [0.15, 0.2) is 51.8 Å². The van der Waals surface area contributed by atoms with Crippen molar-refractivity contribution in [3.05, 3.63) is 64.2 Å². The second-order valence-electron chi connectivity index (χ2n) is 15.7. The summed E-state index contributed by atoms with van der Waals surface area (Å²) in [6, 6.07) is 5.03. The fraction of sp³-hybridized carbons (Fsp3) is 0.349. The van der Waals surface area contributed by atoms with Crippen LogP contribution in [0.1, 0.15) is 62.5 Å². The number of carbonyl (C=O) groups is 4. The average molecular weight is 959 g/mol. The molecule has 0 aromatic heterocycles. The molecule has 364 valence electrons. The highest BCUT2D eigenvalue weighted by molar-refractivity contribution is 6.07. The zero-order valence-electron chi connectivity index (χ0n) is 35.1. The highest BCUT2D eigenvalue weighted by atomic mass is 16.6. The van der Waals surface area contributed by atoms with Crippen molar-refractivity contribution in [2.45, 2.75) is 80.3 Å². The first kappa shape index (κ1) is 48.6. The van der Waals surface area contributed by atoms with E-state index >= 15 is 0 Å². The summed E-state index contributed by atoms with van der Waals surface area (Å²) in [7, 11) is 2.05. The lowest BCUT2D eigenvalue weighted by Gasteiger charge is -2.41. The van der Waals surface area contributed by atoms with Crippen LogP contribution in [0.15, 0.2) is 36.4 Å². The number of phenols is 8. The van der Waals surface area contributed by atoms with Crippen LogP contribution < -0.4 is 23.7 Å². The predicted molar refractivity (Wildman–Crippen MR) is 217 cm³/mol. The van der Waals surface area contributed by atoms with Crippen molar-refractivity contribution in [1.82, 2.24) is 0 Å². The zero-order valence-corrected chi connectivity index (χ0v) is 35.1. The maximum Gasteiger partial charge on any atom is 0.344 e. The van der Waals surface area contributed by atoms with Crippen molar-refractivity contribution in [2.24, 2.45) is 0 Å². The Morgan fingerprint density at radius 2 is 0.941 bits per heavy atom. The molecule has 0 aliphatic carbocycles. The lowest BCUT2D eigenvalue weighted by Crippen LogP contribution is -2.54. The van der Waals surface area contributed by atoms with Gasteiger partial charge < -0.3 is 105 Å². The summed E-state index contributed by atoms with van der Waals surface area (Å²) in [4.78, 5) is 54.0. The first-order valence-corrected chi connectivity index (χ1v) is 20.0. The summed E-state index contributed by atoms with van der Waals surface area (Å²) >= 11 is 0. The lowest BCUT2D eigenvalue weighted by molar-refractivity contribution is -0.227. The summed E-state index contributed by atoms with van der Waals surface area (Å²) in [5, 5.41) is 147. The second kappa shape index (κ2) is 18.7. The van der Waals surface area contributed by atoms with Crippen molar-refractivity contribution in [3.63, 3.8) is 0 Å². The van der Waals surface area contributed by atoms with Gasteiger partial charge in [-0.3, -0.25) is 14.4 Å². The number of aliphatic hydroxyl groups excluding tert-OH is 6. The van der Waals surface area contributed by atoms with E-state index < -0.39 is 207 Å². The van der Waals surface area contributed by atoms with Crippen molar-refractivity contribution in [1.29, 1.82) is 0 Å². The van der Waals surface area contributed by atoms with E-state index in [-0.39, 0.29) is 0 Å². The van der Waals surface area contributed by atoms with Gasteiger partial charge in [0.25, 0.3) is 0 Å². The first-order valence-electron chi connectivity index (χ1n) is 20.0. The number of aliphatic hydroxyl groups is 6. The average Bonchev–Trinajstić information content (AvgIpc) is 3.28. The number of rotatable bonds is 10. The monoisotopic (exact) mass is 958 g/mol. The normalized spacial score (nSPS) is 25.8. The van der Waals surface area contributed by atoms with Crippen molar-refractivity contribution >= 4 is 23.7 Å². The number of phenolic OH excluding ortho intramolecular Hbond substituents is 8. The number of hydrogen-bond donors (Lipinski definition) is 14.